The van der Waals surface area contributed by atoms with Crippen LogP contribution in [0, 0.1) is 12.3 Å². The van der Waals surface area contributed by atoms with Gasteiger partial charge in [0, 0.05) is 25.7 Å². The van der Waals surface area contributed by atoms with Crippen molar-refractivity contribution in [2.24, 2.45) is 11.1 Å². The van der Waals surface area contributed by atoms with Gasteiger partial charge >= 0.3 is 0 Å². The van der Waals surface area contributed by atoms with Gasteiger partial charge in [-0.1, -0.05) is 24.6 Å². The molecule has 1 aromatic rings. The third-order valence-corrected chi connectivity index (χ3v) is 3.94. The van der Waals surface area contributed by atoms with Crippen molar-refractivity contribution in [2.75, 3.05) is 20.7 Å². The van der Waals surface area contributed by atoms with Crippen LogP contribution in [-0.2, 0) is 11.3 Å². The van der Waals surface area contributed by atoms with E-state index in [4.69, 9.17) is 10.5 Å². The molecule has 1 rings (SSSR count). The first-order valence-corrected chi connectivity index (χ1v) is 6.97. The molecule has 1 atom stereocenters. The lowest BCUT2D eigenvalue weighted by atomic mass is 9.86. The van der Waals surface area contributed by atoms with Crippen LogP contribution in [0.4, 0.5) is 0 Å². The van der Waals surface area contributed by atoms with Crippen LogP contribution in [0.15, 0.2) is 18.2 Å². The summed E-state index contributed by atoms with van der Waals surface area (Å²) in [6, 6.07) is 5.99. The number of nitrogens with zero attached hydrogens (tertiary/aromatic N) is 1. The van der Waals surface area contributed by atoms with Gasteiger partial charge in [-0.05, 0) is 26.3 Å². The number of rotatable bonds is 6. The SMILES string of the molecule is CCC(C)(CN)C(=O)N(C)Cc1cc(C)ccc1OC. The lowest BCUT2D eigenvalue weighted by Gasteiger charge is -2.31. The number of nitrogens with two attached hydrogens (primary N) is 1. The fourth-order valence-electron chi connectivity index (χ4n) is 2.20. The van der Waals surface area contributed by atoms with Gasteiger partial charge in [-0.3, -0.25) is 4.79 Å². The molecule has 20 heavy (non-hydrogen) atoms. The Hall–Kier alpha value is -1.55. The van der Waals surface area contributed by atoms with Gasteiger partial charge in [-0.15, -0.1) is 0 Å². The van der Waals surface area contributed by atoms with E-state index < -0.39 is 5.41 Å². The molecule has 4 heteroatoms. The maximum absolute atomic E-state index is 12.5. The Morgan fingerprint density at radius 3 is 2.60 bits per heavy atom. The van der Waals surface area contributed by atoms with Crippen LogP contribution in [0.25, 0.3) is 0 Å². The predicted octanol–water partition coefficient (Wildman–Crippen LogP) is 2.34. The molecule has 0 radical (unpaired) electrons. The average Bonchev–Trinajstić information content (AvgIpc) is 2.45. The summed E-state index contributed by atoms with van der Waals surface area (Å²) in [4.78, 5) is 14.3. The number of amides is 1. The van der Waals surface area contributed by atoms with E-state index >= 15 is 0 Å². The predicted molar refractivity (Wildman–Crippen MR) is 81.7 cm³/mol. The molecule has 0 aliphatic rings. The normalized spacial score (nSPS) is 13.7. The van der Waals surface area contributed by atoms with E-state index in [1.165, 1.54) is 0 Å². The summed E-state index contributed by atoms with van der Waals surface area (Å²) in [5.74, 6) is 0.882. The van der Waals surface area contributed by atoms with Gasteiger partial charge in [0.25, 0.3) is 0 Å². The largest absolute Gasteiger partial charge is 0.496 e. The highest BCUT2D eigenvalue weighted by molar-refractivity contribution is 5.82. The zero-order valence-electron chi connectivity index (χ0n) is 13.2. The first kappa shape index (κ1) is 16.5. The highest BCUT2D eigenvalue weighted by atomic mass is 16.5. The smallest absolute Gasteiger partial charge is 0.229 e. The molecule has 0 saturated heterocycles. The van der Waals surface area contributed by atoms with E-state index in [-0.39, 0.29) is 5.91 Å². The Kier molecular flexibility index (Phi) is 5.57. The lowest BCUT2D eigenvalue weighted by molar-refractivity contribution is -0.140. The summed E-state index contributed by atoms with van der Waals surface area (Å²) >= 11 is 0. The summed E-state index contributed by atoms with van der Waals surface area (Å²) in [6.45, 7) is 6.82. The van der Waals surface area contributed by atoms with Gasteiger partial charge in [-0.2, -0.15) is 0 Å². The van der Waals surface area contributed by atoms with E-state index in [0.29, 0.717) is 13.1 Å². The minimum atomic E-state index is -0.494. The van der Waals surface area contributed by atoms with Gasteiger partial charge < -0.3 is 15.4 Å². The van der Waals surface area contributed by atoms with E-state index in [2.05, 4.69) is 0 Å². The molecule has 1 aromatic carbocycles. The van der Waals surface area contributed by atoms with Gasteiger partial charge in [0.05, 0.1) is 12.5 Å². The second-order valence-corrected chi connectivity index (χ2v) is 5.59. The molecule has 0 aromatic heterocycles. The third-order valence-electron chi connectivity index (χ3n) is 3.94. The van der Waals surface area contributed by atoms with Crippen molar-refractivity contribution in [3.8, 4) is 5.75 Å². The van der Waals surface area contributed by atoms with Gasteiger partial charge in [-0.25, -0.2) is 0 Å². The standard InChI is InChI=1S/C16H26N2O2/c1-6-16(3,11-17)15(19)18(4)10-13-9-12(2)7-8-14(13)20-5/h7-9H,6,10-11,17H2,1-5H3. The molecule has 0 aliphatic heterocycles. The number of ether oxygens (including phenoxy) is 1. The van der Waals surface area contributed by atoms with Crippen LogP contribution < -0.4 is 10.5 Å². The third kappa shape index (κ3) is 3.51. The van der Waals surface area contributed by atoms with E-state index in [1.54, 1.807) is 12.0 Å². The van der Waals surface area contributed by atoms with Crippen molar-refractivity contribution in [1.29, 1.82) is 0 Å². The van der Waals surface area contributed by atoms with Crippen molar-refractivity contribution in [1.82, 2.24) is 4.90 Å². The van der Waals surface area contributed by atoms with Crippen LogP contribution in [0.2, 0.25) is 0 Å². The molecule has 0 spiro atoms. The minimum absolute atomic E-state index is 0.0751. The van der Waals surface area contributed by atoms with Crippen LogP contribution in [0.5, 0.6) is 5.75 Å². The zero-order chi connectivity index (χ0) is 15.3. The number of carbonyl (C=O) groups excluding carboxylic acids is 1. The maximum Gasteiger partial charge on any atom is 0.229 e. The van der Waals surface area contributed by atoms with E-state index in [1.807, 2.05) is 46.0 Å². The summed E-state index contributed by atoms with van der Waals surface area (Å²) in [7, 11) is 3.46. The Morgan fingerprint density at radius 1 is 1.45 bits per heavy atom. The van der Waals surface area contributed by atoms with E-state index in [0.717, 1.165) is 23.3 Å². The monoisotopic (exact) mass is 278 g/mol. The summed E-state index contributed by atoms with van der Waals surface area (Å²) in [5.41, 5.74) is 7.43. The molecule has 0 fully saturated rings. The van der Waals surface area contributed by atoms with Crippen molar-refractivity contribution in [3.63, 3.8) is 0 Å². The van der Waals surface area contributed by atoms with Crippen molar-refractivity contribution < 1.29 is 9.53 Å². The minimum Gasteiger partial charge on any atom is -0.496 e. The molecule has 1 unspecified atom stereocenters. The van der Waals surface area contributed by atoms with Crippen LogP contribution in [0.1, 0.15) is 31.4 Å². The summed E-state index contributed by atoms with van der Waals surface area (Å²) < 4.78 is 5.36. The Balaban J connectivity index is 2.93. The number of aryl methyl sites for hydroxylation is 1. The van der Waals surface area contributed by atoms with Crippen molar-refractivity contribution >= 4 is 5.91 Å². The molecule has 2 N–H and O–H groups in total. The van der Waals surface area contributed by atoms with Gasteiger partial charge in [0.2, 0.25) is 5.91 Å². The number of methoxy groups -OCH3 is 1. The molecular weight excluding hydrogens is 252 g/mol. The maximum atomic E-state index is 12.5. The first-order valence-electron chi connectivity index (χ1n) is 6.97. The Morgan fingerprint density at radius 2 is 2.10 bits per heavy atom. The average molecular weight is 278 g/mol. The topological polar surface area (TPSA) is 55.6 Å². The van der Waals surface area contributed by atoms with E-state index in [9.17, 15) is 4.79 Å². The van der Waals surface area contributed by atoms with Crippen molar-refractivity contribution in [3.05, 3.63) is 29.3 Å². The second kappa shape index (κ2) is 6.75. The Bertz CT molecular complexity index is 468. The molecule has 112 valence electrons. The number of hydrogen-bond donors (Lipinski definition) is 1. The highest BCUT2D eigenvalue weighted by Crippen LogP contribution is 2.25. The summed E-state index contributed by atoms with van der Waals surface area (Å²) in [5, 5.41) is 0. The number of carbonyl (C=O) groups is 1. The number of benzene rings is 1. The highest BCUT2D eigenvalue weighted by Gasteiger charge is 2.32. The zero-order valence-corrected chi connectivity index (χ0v) is 13.2. The summed E-state index contributed by atoms with van der Waals surface area (Å²) in [6.07, 6.45) is 0.734. The molecule has 0 aliphatic carbocycles. The number of hydrogen-bond acceptors (Lipinski definition) is 3. The molecule has 1 amide bonds. The van der Waals surface area contributed by atoms with Gasteiger partial charge in [0.1, 0.15) is 5.75 Å². The molecule has 4 nitrogen and oxygen atoms in total. The van der Waals surface area contributed by atoms with Crippen LogP contribution in [-0.4, -0.2) is 31.5 Å². The quantitative estimate of drug-likeness (QED) is 0.869. The fraction of sp³-hybridized carbons (Fsp3) is 0.562. The fourth-order valence-corrected chi connectivity index (χ4v) is 2.20. The van der Waals surface area contributed by atoms with Crippen LogP contribution in [0.3, 0.4) is 0 Å². The van der Waals surface area contributed by atoms with Crippen LogP contribution >= 0.6 is 0 Å². The molecule has 0 heterocycles. The molecule has 0 bridgehead atoms. The molecular formula is C16H26N2O2. The Labute approximate surface area is 121 Å². The molecule has 0 saturated carbocycles. The van der Waals surface area contributed by atoms with Crippen molar-refractivity contribution in [2.45, 2.75) is 33.7 Å². The lowest BCUT2D eigenvalue weighted by Crippen LogP contribution is -2.44. The van der Waals surface area contributed by atoms with Gasteiger partial charge in [0.15, 0.2) is 0 Å². The second-order valence-electron chi connectivity index (χ2n) is 5.59. The first-order chi connectivity index (χ1) is 9.37.